The lowest BCUT2D eigenvalue weighted by Crippen LogP contribution is -2.06. The molecule has 0 aliphatic carbocycles. The lowest BCUT2D eigenvalue weighted by molar-refractivity contribution is 0.476. The topological polar surface area (TPSA) is 69.6 Å². The summed E-state index contributed by atoms with van der Waals surface area (Å²) in [5.41, 5.74) is 7.47. The van der Waals surface area contributed by atoms with Crippen LogP contribution in [0.1, 0.15) is 64.2 Å². The van der Waals surface area contributed by atoms with Crippen molar-refractivity contribution in [3.63, 3.8) is 0 Å². The van der Waals surface area contributed by atoms with Gasteiger partial charge in [0.25, 0.3) is 0 Å². The van der Waals surface area contributed by atoms with Crippen LogP contribution in [0.3, 0.4) is 0 Å². The van der Waals surface area contributed by atoms with Gasteiger partial charge in [-0.2, -0.15) is 0 Å². The van der Waals surface area contributed by atoms with Crippen molar-refractivity contribution in [3.05, 3.63) is 12.2 Å². The number of unbranched alkanes of at least 4 members (excludes halogenated alkanes) is 4. The Morgan fingerprint density at radius 1 is 1.20 bits per heavy atom. The maximum atomic E-state index is 5.90. The molecule has 0 saturated carbocycles. The van der Waals surface area contributed by atoms with Crippen LogP contribution < -0.4 is 5.73 Å². The summed E-state index contributed by atoms with van der Waals surface area (Å²) < 4.78 is 2.13. The molecule has 2 aromatic rings. The van der Waals surface area contributed by atoms with Gasteiger partial charge < -0.3 is 10.3 Å². The molecule has 2 heterocycles. The zero-order chi connectivity index (χ0) is 14.5. The second-order valence-electron chi connectivity index (χ2n) is 5.53. The molecule has 0 aliphatic rings. The molecule has 0 saturated heterocycles. The molecule has 1 unspecified atom stereocenters. The fourth-order valence-corrected chi connectivity index (χ4v) is 2.56. The first-order chi connectivity index (χ1) is 9.63. The van der Waals surface area contributed by atoms with Crippen molar-refractivity contribution >= 4 is 17.0 Å². The van der Waals surface area contributed by atoms with Crippen LogP contribution in [-0.2, 0) is 0 Å². The average molecular weight is 275 g/mol. The van der Waals surface area contributed by atoms with Crippen molar-refractivity contribution in [2.75, 3.05) is 5.73 Å². The SMILES string of the molecule is CCCCCCCC(C)n1cnc2c(N)nc(C)nc21. The Hall–Kier alpha value is -1.65. The van der Waals surface area contributed by atoms with Gasteiger partial charge >= 0.3 is 0 Å². The maximum absolute atomic E-state index is 5.90. The second-order valence-corrected chi connectivity index (χ2v) is 5.53. The van der Waals surface area contributed by atoms with Crippen molar-refractivity contribution < 1.29 is 0 Å². The lowest BCUT2D eigenvalue weighted by atomic mass is 10.1. The van der Waals surface area contributed by atoms with E-state index in [0.29, 0.717) is 23.2 Å². The Morgan fingerprint density at radius 3 is 2.70 bits per heavy atom. The van der Waals surface area contributed by atoms with E-state index >= 15 is 0 Å². The summed E-state index contributed by atoms with van der Waals surface area (Å²) in [4.78, 5) is 13.0. The van der Waals surface area contributed by atoms with E-state index in [0.717, 1.165) is 12.1 Å². The number of nitrogen functional groups attached to an aromatic ring is 1. The molecule has 0 amide bonds. The molecule has 2 rings (SSSR count). The minimum atomic E-state index is 0.398. The molecular weight excluding hydrogens is 250 g/mol. The van der Waals surface area contributed by atoms with Crippen molar-refractivity contribution in [2.24, 2.45) is 0 Å². The lowest BCUT2D eigenvalue weighted by Gasteiger charge is -2.13. The van der Waals surface area contributed by atoms with Crippen LogP contribution in [0.5, 0.6) is 0 Å². The largest absolute Gasteiger partial charge is 0.382 e. The molecule has 110 valence electrons. The Kier molecular flexibility index (Phi) is 4.93. The Balaban J connectivity index is 2.05. The maximum Gasteiger partial charge on any atom is 0.165 e. The molecule has 2 aromatic heterocycles. The number of aryl methyl sites for hydroxylation is 1. The first kappa shape index (κ1) is 14.8. The minimum Gasteiger partial charge on any atom is -0.382 e. The van der Waals surface area contributed by atoms with Crippen LogP contribution in [-0.4, -0.2) is 19.5 Å². The first-order valence-corrected chi connectivity index (χ1v) is 7.60. The van der Waals surface area contributed by atoms with E-state index in [2.05, 4.69) is 33.4 Å². The van der Waals surface area contributed by atoms with Crippen LogP contribution >= 0.6 is 0 Å². The minimum absolute atomic E-state index is 0.398. The monoisotopic (exact) mass is 275 g/mol. The van der Waals surface area contributed by atoms with E-state index in [1.165, 1.54) is 32.1 Å². The summed E-state index contributed by atoms with van der Waals surface area (Å²) >= 11 is 0. The third kappa shape index (κ3) is 3.26. The van der Waals surface area contributed by atoms with Crippen molar-refractivity contribution in [3.8, 4) is 0 Å². The number of anilines is 1. The van der Waals surface area contributed by atoms with E-state index in [1.54, 1.807) is 0 Å². The highest BCUT2D eigenvalue weighted by Gasteiger charge is 2.13. The Morgan fingerprint density at radius 2 is 1.95 bits per heavy atom. The number of rotatable bonds is 7. The molecule has 5 heteroatoms. The number of nitrogens with zero attached hydrogens (tertiary/aromatic N) is 4. The molecule has 0 bridgehead atoms. The first-order valence-electron chi connectivity index (χ1n) is 7.60. The summed E-state index contributed by atoms with van der Waals surface area (Å²) in [6.45, 7) is 6.32. The average Bonchev–Trinajstić information content (AvgIpc) is 2.82. The summed E-state index contributed by atoms with van der Waals surface area (Å²) in [6, 6.07) is 0.398. The van der Waals surface area contributed by atoms with Gasteiger partial charge in [0.1, 0.15) is 11.3 Å². The normalized spacial score (nSPS) is 12.9. The summed E-state index contributed by atoms with van der Waals surface area (Å²) in [7, 11) is 0. The molecule has 0 spiro atoms. The molecule has 1 atom stereocenters. The number of fused-ring (bicyclic) bond motifs is 1. The smallest absolute Gasteiger partial charge is 0.165 e. The Labute approximate surface area is 120 Å². The third-order valence-electron chi connectivity index (χ3n) is 3.76. The molecule has 20 heavy (non-hydrogen) atoms. The van der Waals surface area contributed by atoms with Crippen molar-refractivity contribution in [1.82, 2.24) is 19.5 Å². The van der Waals surface area contributed by atoms with Gasteiger partial charge in [-0.3, -0.25) is 0 Å². The van der Waals surface area contributed by atoms with E-state index in [1.807, 2.05) is 13.3 Å². The molecule has 2 N–H and O–H groups in total. The third-order valence-corrected chi connectivity index (χ3v) is 3.76. The van der Waals surface area contributed by atoms with E-state index in [-0.39, 0.29) is 0 Å². The van der Waals surface area contributed by atoms with Gasteiger partial charge in [-0.1, -0.05) is 39.0 Å². The van der Waals surface area contributed by atoms with Gasteiger partial charge in [-0.25, -0.2) is 15.0 Å². The molecule has 5 nitrogen and oxygen atoms in total. The van der Waals surface area contributed by atoms with Crippen molar-refractivity contribution in [1.29, 1.82) is 0 Å². The highest BCUT2D eigenvalue weighted by Crippen LogP contribution is 2.23. The van der Waals surface area contributed by atoms with Gasteiger partial charge in [-0.15, -0.1) is 0 Å². The molecule has 0 radical (unpaired) electrons. The molecule has 0 fully saturated rings. The van der Waals surface area contributed by atoms with Crippen molar-refractivity contribution in [2.45, 2.75) is 65.3 Å². The van der Waals surface area contributed by atoms with Crippen LogP contribution in [0.2, 0.25) is 0 Å². The predicted molar refractivity (Wildman–Crippen MR) is 82.6 cm³/mol. The molecule has 0 aliphatic heterocycles. The number of aromatic nitrogens is 4. The standard InChI is InChI=1S/C15H25N5/c1-4-5-6-7-8-9-11(2)20-10-17-13-14(16)18-12(3)19-15(13)20/h10-11H,4-9H2,1-3H3,(H2,16,18,19). The quantitative estimate of drug-likeness (QED) is 0.783. The van der Waals surface area contributed by atoms with E-state index in [4.69, 9.17) is 5.73 Å². The van der Waals surface area contributed by atoms with Crippen LogP contribution in [0.15, 0.2) is 6.33 Å². The highest BCUT2D eigenvalue weighted by molar-refractivity contribution is 5.81. The molecular formula is C15H25N5. The zero-order valence-electron chi connectivity index (χ0n) is 12.8. The zero-order valence-corrected chi connectivity index (χ0v) is 12.8. The Bertz CT molecular complexity index is 561. The van der Waals surface area contributed by atoms with Crippen LogP contribution in [0.25, 0.3) is 11.2 Å². The van der Waals surface area contributed by atoms with Gasteiger partial charge in [0.05, 0.1) is 6.33 Å². The highest BCUT2D eigenvalue weighted by atomic mass is 15.1. The summed E-state index contributed by atoms with van der Waals surface area (Å²) in [5.74, 6) is 1.17. The second kappa shape index (κ2) is 6.68. The van der Waals surface area contributed by atoms with Crippen LogP contribution in [0.4, 0.5) is 5.82 Å². The number of hydrogen-bond acceptors (Lipinski definition) is 4. The van der Waals surface area contributed by atoms with E-state index in [9.17, 15) is 0 Å². The van der Waals surface area contributed by atoms with Gasteiger partial charge in [-0.05, 0) is 20.3 Å². The summed E-state index contributed by atoms with van der Waals surface area (Å²) in [5, 5.41) is 0. The van der Waals surface area contributed by atoms with Crippen LogP contribution in [0, 0.1) is 6.92 Å². The number of nitrogens with two attached hydrogens (primary N) is 1. The van der Waals surface area contributed by atoms with E-state index < -0.39 is 0 Å². The fraction of sp³-hybridized carbons (Fsp3) is 0.667. The number of imidazole rings is 1. The summed E-state index contributed by atoms with van der Waals surface area (Å²) in [6.07, 6.45) is 9.51. The van der Waals surface area contributed by atoms with Gasteiger partial charge in [0.15, 0.2) is 11.5 Å². The van der Waals surface area contributed by atoms with Gasteiger partial charge in [0.2, 0.25) is 0 Å². The fourth-order valence-electron chi connectivity index (χ4n) is 2.56. The molecule has 0 aromatic carbocycles. The predicted octanol–water partition coefficient (Wildman–Crippen LogP) is 3.64. The van der Waals surface area contributed by atoms with Gasteiger partial charge in [0, 0.05) is 6.04 Å². The number of hydrogen-bond donors (Lipinski definition) is 1.